The maximum Gasteiger partial charge on any atom is 0.289 e. The van der Waals surface area contributed by atoms with E-state index >= 15 is 0 Å². The van der Waals surface area contributed by atoms with Crippen molar-refractivity contribution < 1.29 is 19.1 Å². The Morgan fingerprint density at radius 3 is 2.58 bits per heavy atom. The Balaban J connectivity index is 1.52. The molecule has 0 aliphatic carbocycles. The predicted molar refractivity (Wildman–Crippen MR) is 119 cm³/mol. The molecular formula is C23H25N3O4S. The van der Waals surface area contributed by atoms with Crippen LogP contribution in [0.4, 0.5) is 4.79 Å². The molecule has 2 fully saturated rings. The summed E-state index contributed by atoms with van der Waals surface area (Å²) in [6.07, 6.45) is 1.08. The van der Waals surface area contributed by atoms with Crippen molar-refractivity contribution in [2.24, 2.45) is 0 Å². The van der Waals surface area contributed by atoms with Gasteiger partial charge in [-0.25, -0.2) is 0 Å². The van der Waals surface area contributed by atoms with Gasteiger partial charge in [-0.3, -0.25) is 19.3 Å². The fraction of sp³-hybridized carbons (Fsp3) is 0.348. The van der Waals surface area contributed by atoms with Gasteiger partial charge < -0.3 is 15.4 Å². The second kappa shape index (κ2) is 9.11. The molecule has 8 heteroatoms. The summed E-state index contributed by atoms with van der Waals surface area (Å²) in [5, 5.41) is 5.44. The number of nitrogens with one attached hydrogen (secondary N) is 2. The fourth-order valence-electron chi connectivity index (χ4n) is 3.82. The number of hydrogen-bond acceptors (Lipinski definition) is 6. The zero-order chi connectivity index (χ0) is 21.8. The molecule has 2 N–H and O–H groups in total. The molecule has 4 rings (SSSR count). The van der Waals surface area contributed by atoms with Gasteiger partial charge in [-0.15, -0.1) is 0 Å². The quantitative estimate of drug-likeness (QED) is 0.720. The third-order valence-corrected chi connectivity index (χ3v) is 6.83. The summed E-state index contributed by atoms with van der Waals surface area (Å²) in [6.45, 7) is 1.78. The van der Waals surface area contributed by atoms with Crippen molar-refractivity contribution in [3.8, 4) is 5.75 Å². The van der Waals surface area contributed by atoms with E-state index in [1.807, 2.05) is 30.3 Å². The van der Waals surface area contributed by atoms with E-state index in [1.165, 1.54) is 7.05 Å². The molecule has 1 unspecified atom stereocenters. The number of carbonyl (C=O) groups excluding carboxylic acids is 3. The van der Waals surface area contributed by atoms with Crippen molar-refractivity contribution in [2.75, 3.05) is 20.1 Å². The van der Waals surface area contributed by atoms with E-state index in [0.717, 1.165) is 22.2 Å². The molecule has 0 saturated carbocycles. The smallest absolute Gasteiger partial charge is 0.289 e. The molecule has 162 valence electrons. The van der Waals surface area contributed by atoms with E-state index in [-0.39, 0.29) is 17.1 Å². The Hall–Kier alpha value is -2.84. The van der Waals surface area contributed by atoms with Crippen molar-refractivity contribution in [1.29, 1.82) is 0 Å². The van der Waals surface area contributed by atoms with Crippen molar-refractivity contribution >= 4 is 28.8 Å². The summed E-state index contributed by atoms with van der Waals surface area (Å²) in [7, 11) is 1.49. The van der Waals surface area contributed by atoms with Gasteiger partial charge in [0.2, 0.25) is 5.91 Å². The molecule has 0 aromatic heterocycles. The average molecular weight is 440 g/mol. The van der Waals surface area contributed by atoms with Crippen molar-refractivity contribution in [3.05, 3.63) is 65.7 Å². The first-order valence-corrected chi connectivity index (χ1v) is 11.2. The highest BCUT2D eigenvalue weighted by Crippen LogP contribution is 2.40. The monoisotopic (exact) mass is 439 g/mol. The third-order valence-electron chi connectivity index (χ3n) is 5.64. The van der Waals surface area contributed by atoms with Gasteiger partial charge in [0, 0.05) is 26.4 Å². The molecule has 2 aliphatic rings. The highest BCUT2D eigenvalue weighted by atomic mass is 32.2. The number of hydrogen-bond donors (Lipinski definition) is 2. The lowest BCUT2D eigenvalue weighted by Gasteiger charge is -2.36. The van der Waals surface area contributed by atoms with Crippen molar-refractivity contribution in [3.63, 3.8) is 0 Å². The molecule has 2 saturated heterocycles. The maximum atomic E-state index is 13.2. The number of imide groups is 1. The van der Waals surface area contributed by atoms with Crippen LogP contribution in [0.15, 0.2) is 54.6 Å². The number of rotatable bonds is 6. The number of amides is 3. The first kappa shape index (κ1) is 21.4. The normalized spacial score (nSPS) is 20.5. The average Bonchev–Trinajstić information content (AvgIpc) is 3.06. The van der Waals surface area contributed by atoms with Crippen LogP contribution in [0.25, 0.3) is 0 Å². The lowest BCUT2D eigenvalue weighted by Crippen LogP contribution is -2.56. The van der Waals surface area contributed by atoms with Gasteiger partial charge in [0.05, 0.1) is 0 Å². The largest absolute Gasteiger partial charge is 0.477 e. The molecule has 0 spiro atoms. The summed E-state index contributed by atoms with van der Waals surface area (Å²) < 4.78 is 6.31. The van der Waals surface area contributed by atoms with E-state index in [1.54, 1.807) is 24.3 Å². The summed E-state index contributed by atoms with van der Waals surface area (Å²) >= 11 is 0.993. The summed E-state index contributed by atoms with van der Waals surface area (Å²) in [4.78, 5) is 38.6. The zero-order valence-electron chi connectivity index (χ0n) is 17.3. The number of piperidine rings is 1. The van der Waals surface area contributed by atoms with Crippen LogP contribution < -0.4 is 15.4 Å². The van der Waals surface area contributed by atoms with Crippen LogP contribution in [0, 0.1) is 0 Å². The first-order chi connectivity index (χ1) is 15.0. The van der Waals surface area contributed by atoms with Gasteiger partial charge in [-0.2, -0.15) is 0 Å². The van der Waals surface area contributed by atoms with Crippen LogP contribution in [0.1, 0.15) is 29.2 Å². The van der Waals surface area contributed by atoms with Crippen LogP contribution in [-0.4, -0.2) is 47.7 Å². The van der Waals surface area contributed by atoms with Gasteiger partial charge in [-0.05, 0) is 48.1 Å². The lowest BCUT2D eigenvalue weighted by atomic mass is 9.90. The van der Waals surface area contributed by atoms with E-state index < -0.39 is 10.9 Å². The van der Waals surface area contributed by atoms with Crippen LogP contribution in [0.3, 0.4) is 0 Å². The summed E-state index contributed by atoms with van der Waals surface area (Å²) in [5.74, 6) is 0.124. The molecule has 3 amide bonds. The molecule has 0 radical (unpaired) electrons. The number of thioether (sulfide) groups is 1. The molecule has 7 nitrogen and oxygen atoms in total. The molecular weight excluding hydrogens is 414 g/mol. The SMILES string of the molecule is CN1C(=O)SC(c2cccc(OC3(C(=O)NCc4ccccc4)CCNCC3)c2)C1=O. The van der Waals surface area contributed by atoms with Crippen LogP contribution in [0.5, 0.6) is 5.75 Å². The van der Waals surface area contributed by atoms with Crippen molar-refractivity contribution in [1.82, 2.24) is 15.5 Å². The molecule has 1 atom stereocenters. The van der Waals surface area contributed by atoms with Gasteiger partial charge in [0.15, 0.2) is 5.60 Å². The van der Waals surface area contributed by atoms with E-state index in [2.05, 4.69) is 10.6 Å². The molecule has 2 heterocycles. The second-order valence-electron chi connectivity index (χ2n) is 7.75. The molecule has 2 aliphatic heterocycles. The Morgan fingerprint density at radius 2 is 1.90 bits per heavy atom. The number of carbonyl (C=O) groups is 3. The zero-order valence-corrected chi connectivity index (χ0v) is 18.1. The highest BCUT2D eigenvalue weighted by molar-refractivity contribution is 8.14. The Bertz CT molecular complexity index is 976. The van der Waals surface area contributed by atoms with Gasteiger partial charge in [-0.1, -0.05) is 42.5 Å². The predicted octanol–water partition coefficient (Wildman–Crippen LogP) is 2.87. The Labute approximate surface area is 185 Å². The summed E-state index contributed by atoms with van der Waals surface area (Å²) in [6, 6.07) is 16.9. The molecule has 2 aromatic rings. The molecule has 31 heavy (non-hydrogen) atoms. The van der Waals surface area contributed by atoms with Gasteiger partial charge in [0.25, 0.3) is 11.1 Å². The Kier molecular flexibility index (Phi) is 6.29. The Morgan fingerprint density at radius 1 is 1.16 bits per heavy atom. The van der Waals surface area contributed by atoms with Gasteiger partial charge >= 0.3 is 0 Å². The minimum atomic E-state index is -0.988. The third kappa shape index (κ3) is 4.60. The van der Waals surface area contributed by atoms with E-state index in [9.17, 15) is 14.4 Å². The number of benzene rings is 2. The number of nitrogens with zero attached hydrogens (tertiary/aromatic N) is 1. The molecule has 0 bridgehead atoms. The fourth-order valence-corrected chi connectivity index (χ4v) is 4.81. The van der Waals surface area contributed by atoms with Crippen LogP contribution in [-0.2, 0) is 16.1 Å². The lowest BCUT2D eigenvalue weighted by molar-refractivity contribution is -0.139. The summed E-state index contributed by atoms with van der Waals surface area (Å²) in [5.41, 5.74) is 0.726. The standard InChI is InChI=1S/C23H25N3O4S/c1-26-20(27)19(31-22(26)29)17-8-5-9-18(14-17)30-23(10-12-24-13-11-23)21(28)25-15-16-6-3-2-4-7-16/h2-9,14,19,24H,10-13,15H2,1H3,(H,25,28). The van der Waals surface area contributed by atoms with Crippen molar-refractivity contribution in [2.45, 2.75) is 30.2 Å². The topological polar surface area (TPSA) is 87.7 Å². The molecule has 2 aromatic carbocycles. The van der Waals surface area contributed by atoms with Crippen LogP contribution >= 0.6 is 11.8 Å². The number of ether oxygens (including phenoxy) is 1. The number of likely N-dealkylation sites (N-methyl/N-ethyl adjacent to an activating group) is 1. The highest BCUT2D eigenvalue weighted by Gasteiger charge is 2.42. The first-order valence-electron chi connectivity index (χ1n) is 10.3. The minimum Gasteiger partial charge on any atom is -0.477 e. The second-order valence-corrected chi connectivity index (χ2v) is 8.80. The maximum absolute atomic E-state index is 13.2. The van der Waals surface area contributed by atoms with Crippen LogP contribution in [0.2, 0.25) is 0 Å². The van der Waals surface area contributed by atoms with E-state index in [0.29, 0.717) is 43.8 Å². The van der Waals surface area contributed by atoms with Gasteiger partial charge in [0.1, 0.15) is 11.0 Å². The van der Waals surface area contributed by atoms with E-state index in [4.69, 9.17) is 4.74 Å². The minimum absolute atomic E-state index is 0.149.